The van der Waals surface area contributed by atoms with Gasteiger partial charge in [0.05, 0.1) is 18.5 Å². The zero-order chi connectivity index (χ0) is 25.2. The lowest BCUT2D eigenvalue weighted by atomic mass is 10.2. The molecule has 36 heavy (non-hydrogen) atoms. The number of benzene rings is 2. The minimum atomic E-state index is -0.823. The third kappa shape index (κ3) is 4.15. The van der Waals surface area contributed by atoms with Crippen molar-refractivity contribution in [3.05, 3.63) is 101 Å². The van der Waals surface area contributed by atoms with E-state index < -0.39 is 6.04 Å². The third-order valence-electron chi connectivity index (χ3n) is 6.11. The lowest BCUT2D eigenvalue weighted by molar-refractivity contribution is -0.124. The molecule has 182 valence electrons. The first-order valence-corrected chi connectivity index (χ1v) is 11.6. The Hall–Kier alpha value is -4.66. The molecule has 1 atom stereocenters. The van der Waals surface area contributed by atoms with Gasteiger partial charge in [0, 0.05) is 18.9 Å². The molecule has 0 bridgehead atoms. The quantitative estimate of drug-likeness (QED) is 0.383. The maximum atomic E-state index is 13.8. The largest absolute Gasteiger partial charge is 0.497 e. The molecule has 0 saturated heterocycles. The van der Waals surface area contributed by atoms with Crippen LogP contribution in [0.2, 0.25) is 0 Å². The van der Waals surface area contributed by atoms with Gasteiger partial charge in [0.25, 0.3) is 5.56 Å². The summed E-state index contributed by atoms with van der Waals surface area (Å²) in [6.45, 7) is 3.78. The van der Waals surface area contributed by atoms with Crippen LogP contribution in [0.1, 0.15) is 24.2 Å². The highest BCUT2D eigenvalue weighted by atomic mass is 16.5. The summed E-state index contributed by atoms with van der Waals surface area (Å²) in [6.07, 6.45) is 3.72. The van der Waals surface area contributed by atoms with Gasteiger partial charge in [-0.15, -0.1) is 0 Å². The number of fused-ring (bicyclic) bond motifs is 1. The van der Waals surface area contributed by atoms with Crippen molar-refractivity contribution in [2.75, 3.05) is 7.11 Å². The number of para-hydroxylation sites is 1. The molecular weight excluding hydrogens is 456 g/mol. The molecule has 0 radical (unpaired) electrons. The number of amides is 1. The Kier molecular flexibility index (Phi) is 6.12. The summed E-state index contributed by atoms with van der Waals surface area (Å²) in [5.41, 5.74) is 2.40. The molecule has 2 aromatic carbocycles. The summed E-state index contributed by atoms with van der Waals surface area (Å²) in [5.74, 6) is 1.03. The van der Waals surface area contributed by atoms with E-state index in [0.717, 1.165) is 17.0 Å². The fourth-order valence-corrected chi connectivity index (χ4v) is 4.15. The van der Waals surface area contributed by atoms with Gasteiger partial charge in [0.1, 0.15) is 22.7 Å². The highest BCUT2D eigenvalue weighted by Gasteiger charge is 2.25. The van der Waals surface area contributed by atoms with Crippen LogP contribution in [-0.2, 0) is 11.3 Å². The van der Waals surface area contributed by atoms with Gasteiger partial charge in [0.15, 0.2) is 5.82 Å². The van der Waals surface area contributed by atoms with Gasteiger partial charge in [-0.2, -0.15) is 10.2 Å². The Morgan fingerprint density at radius 1 is 1.00 bits per heavy atom. The fourth-order valence-electron chi connectivity index (χ4n) is 4.15. The second kappa shape index (κ2) is 9.53. The lowest BCUT2D eigenvalue weighted by Gasteiger charge is -2.15. The van der Waals surface area contributed by atoms with Crippen LogP contribution in [0.15, 0.2) is 83.9 Å². The smallest absolute Gasteiger partial charge is 0.280 e. The second-order valence-corrected chi connectivity index (χ2v) is 8.46. The van der Waals surface area contributed by atoms with Crippen LogP contribution in [-0.4, -0.2) is 37.1 Å². The average molecular weight is 483 g/mol. The van der Waals surface area contributed by atoms with E-state index in [1.807, 2.05) is 83.7 Å². The number of ether oxygens (including phenoxy) is 1. The van der Waals surface area contributed by atoms with Crippen molar-refractivity contribution in [3.63, 3.8) is 0 Å². The first-order chi connectivity index (χ1) is 17.5. The SMILES string of the molecule is COc1ccc(CNC(=O)C(C)n2nc(C)c3nn(-c4ccccc4)c(-n4cccc4)c3c2=O)cc1. The van der Waals surface area contributed by atoms with Crippen molar-refractivity contribution in [1.29, 1.82) is 0 Å². The molecule has 1 unspecified atom stereocenters. The van der Waals surface area contributed by atoms with Crippen molar-refractivity contribution in [2.24, 2.45) is 0 Å². The molecule has 3 heterocycles. The molecule has 0 saturated carbocycles. The molecule has 1 N–H and O–H groups in total. The summed E-state index contributed by atoms with van der Waals surface area (Å²) in [4.78, 5) is 26.8. The molecule has 1 amide bonds. The minimum Gasteiger partial charge on any atom is -0.497 e. The number of carbonyl (C=O) groups is 1. The number of nitrogens with zero attached hydrogens (tertiary/aromatic N) is 5. The summed E-state index contributed by atoms with van der Waals surface area (Å²) < 4.78 is 10.0. The molecule has 0 aliphatic heterocycles. The first-order valence-electron chi connectivity index (χ1n) is 11.6. The summed E-state index contributed by atoms with van der Waals surface area (Å²) >= 11 is 0. The number of aryl methyl sites for hydroxylation is 1. The van der Waals surface area contributed by atoms with E-state index in [9.17, 15) is 9.59 Å². The minimum absolute atomic E-state index is 0.308. The lowest BCUT2D eigenvalue weighted by Crippen LogP contribution is -2.37. The van der Waals surface area contributed by atoms with Crippen LogP contribution in [0, 0.1) is 6.92 Å². The van der Waals surface area contributed by atoms with Gasteiger partial charge in [-0.3, -0.25) is 9.59 Å². The van der Waals surface area contributed by atoms with E-state index in [-0.39, 0.29) is 11.5 Å². The molecule has 9 heteroatoms. The van der Waals surface area contributed by atoms with Crippen LogP contribution in [0.25, 0.3) is 22.4 Å². The highest BCUT2D eigenvalue weighted by molar-refractivity contribution is 5.88. The maximum absolute atomic E-state index is 13.8. The summed E-state index contributed by atoms with van der Waals surface area (Å²) in [6, 6.07) is 20.0. The molecule has 5 rings (SSSR count). The number of rotatable bonds is 7. The van der Waals surface area contributed by atoms with E-state index in [1.54, 1.807) is 25.6 Å². The molecule has 0 spiro atoms. The molecule has 0 fully saturated rings. The zero-order valence-electron chi connectivity index (χ0n) is 20.3. The molecule has 0 aliphatic carbocycles. The van der Waals surface area contributed by atoms with E-state index in [2.05, 4.69) is 10.4 Å². The maximum Gasteiger partial charge on any atom is 0.280 e. The van der Waals surface area contributed by atoms with Crippen molar-refractivity contribution >= 4 is 16.8 Å². The molecule has 9 nitrogen and oxygen atoms in total. The average Bonchev–Trinajstić information content (AvgIpc) is 3.58. The predicted octanol–water partition coefficient (Wildman–Crippen LogP) is 3.57. The van der Waals surface area contributed by atoms with E-state index >= 15 is 0 Å². The van der Waals surface area contributed by atoms with Crippen LogP contribution in [0.5, 0.6) is 5.75 Å². The van der Waals surface area contributed by atoms with Gasteiger partial charge in [0.2, 0.25) is 5.91 Å². The Labute approximate surface area is 207 Å². The third-order valence-corrected chi connectivity index (χ3v) is 6.11. The monoisotopic (exact) mass is 482 g/mol. The van der Waals surface area contributed by atoms with Gasteiger partial charge in [-0.25, -0.2) is 9.36 Å². The highest BCUT2D eigenvalue weighted by Crippen LogP contribution is 2.25. The first kappa shape index (κ1) is 23.1. The number of carbonyl (C=O) groups excluding carboxylic acids is 1. The number of methoxy groups -OCH3 is 1. The Morgan fingerprint density at radius 3 is 2.36 bits per heavy atom. The molecule has 0 aliphatic rings. The van der Waals surface area contributed by atoms with Crippen molar-refractivity contribution in [3.8, 4) is 17.3 Å². The van der Waals surface area contributed by atoms with Gasteiger partial charge in [-0.05, 0) is 55.8 Å². The topological polar surface area (TPSA) is 96.0 Å². The standard InChI is InChI=1S/C27H26N6O3/c1-18-24-23(26(31-15-7-8-16-31)33(30-24)21-9-5-4-6-10-21)27(35)32(29-18)19(2)25(34)28-17-20-11-13-22(36-3)14-12-20/h4-16,19H,17H2,1-3H3,(H,28,34). The summed E-state index contributed by atoms with van der Waals surface area (Å²) in [7, 11) is 1.60. The van der Waals surface area contributed by atoms with Crippen molar-refractivity contribution in [2.45, 2.75) is 26.4 Å². The van der Waals surface area contributed by atoms with Crippen LogP contribution in [0.4, 0.5) is 0 Å². The molecular formula is C27H26N6O3. The molecule has 3 aromatic heterocycles. The van der Waals surface area contributed by atoms with Gasteiger partial charge < -0.3 is 14.6 Å². The van der Waals surface area contributed by atoms with E-state index in [1.165, 1.54) is 4.68 Å². The van der Waals surface area contributed by atoms with Gasteiger partial charge >= 0.3 is 0 Å². The van der Waals surface area contributed by atoms with E-state index in [0.29, 0.717) is 29.0 Å². The van der Waals surface area contributed by atoms with Crippen LogP contribution in [0.3, 0.4) is 0 Å². The second-order valence-electron chi connectivity index (χ2n) is 8.46. The van der Waals surface area contributed by atoms with Crippen molar-refractivity contribution in [1.82, 2.24) is 29.4 Å². The van der Waals surface area contributed by atoms with Crippen LogP contribution >= 0.6 is 0 Å². The Morgan fingerprint density at radius 2 is 1.69 bits per heavy atom. The Bertz CT molecular complexity index is 1570. The predicted molar refractivity (Wildman–Crippen MR) is 137 cm³/mol. The van der Waals surface area contributed by atoms with Crippen LogP contribution < -0.4 is 15.6 Å². The Balaban J connectivity index is 1.54. The fraction of sp³-hybridized carbons (Fsp3) is 0.185. The number of hydrogen-bond donors (Lipinski definition) is 1. The summed E-state index contributed by atoms with van der Waals surface area (Å²) in [5, 5.41) is 12.5. The normalized spacial score (nSPS) is 12.0. The van der Waals surface area contributed by atoms with E-state index in [4.69, 9.17) is 9.84 Å². The zero-order valence-corrected chi connectivity index (χ0v) is 20.3. The van der Waals surface area contributed by atoms with Crippen molar-refractivity contribution < 1.29 is 9.53 Å². The number of nitrogens with one attached hydrogen (secondary N) is 1. The molecule has 5 aromatic rings. The van der Waals surface area contributed by atoms with Gasteiger partial charge in [-0.1, -0.05) is 30.3 Å². The number of aromatic nitrogens is 5. The number of hydrogen-bond acceptors (Lipinski definition) is 5.